The first-order valence-corrected chi connectivity index (χ1v) is 7.79. The van der Waals surface area contributed by atoms with Gasteiger partial charge in [-0.25, -0.2) is 0 Å². The van der Waals surface area contributed by atoms with E-state index in [-0.39, 0.29) is 12.5 Å². The molecule has 23 heavy (non-hydrogen) atoms. The maximum absolute atomic E-state index is 11.1. The number of benzene rings is 2. The lowest BCUT2D eigenvalue weighted by Gasteiger charge is -2.17. The Morgan fingerprint density at radius 2 is 1.78 bits per heavy atom. The fourth-order valence-electron chi connectivity index (χ4n) is 2.48. The van der Waals surface area contributed by atoms with Crippen LogP contribution < -0.4 is 10.1 Å². The lowest BCUT2D eigenvalue weighted by atomic mass is 10.0. The zero-order chi connectivity index (χ0) is 16.5. The number of hydrogen-bond donors (Lipinski definition) is 2. The van der Waals surface area contributed by atoms with Crippen LogP contribution in [-0.2, 0) is 17.8 Å². The number of hydrogen-bond acceptors (Lipinski definition) is 3. The van der Waals surface area contributed by atoms with Crippen molar-refractivity contribution in [1.82, 2.24) is 5.32 Å². The van der Waals surface area contributed by atoms with Gasteiger partial charge in [-0.2, -0.15) is 0 Å². The van der Waals surface area contributed by atoms with Gasteiger partial charge in [0.15, 0.2) is 0 Å². The molecule has 2 rings (SSSR count). The SMILES string of the molecule is COc1ccc(CC[C@H](CC(=O)O)NCc2ccccc2)cc1. The molecule has 2 aromatic rings. The third-order valence-corrected chi connectivity index (χ3v) is 3.80. The Labute approximate surface area is 137 Å². The number of aliphatic carboxylic acids is 1. The summed E-state index contributed by atoms with van der Waals surface area (Å²) in [6.45, 7) is 0.682. The molecule has 0 unspecified atom stereocenters. The summed E-state index contributed by atoms with van der Waals surface area (Å²) in [5, 5.41) is 12.4. The molecule has 1 atom stereocenters. The minimum atomic E-state index is -0.773. The number of nitrogens with one attached hydrogen (secondary N) is 1. The van der Waals surface area contributed by atoms with E-state index < -0.39 is 5.97 Å². The minimum absolute atomic E-state index is 0.0465. The van der Waals surface area contributed by atoms with Crippen molar-refractivity contribution in [1.29, 1.82) is 0 Å². The maximum Gasteiger partial charge on any atom is 0.304 e. The Bertz CT molecular complexity index is 596. The van der Waals surface area contributed by atoms with Crippen molar-refractivity contribution in [2.45, 2.75) is 31.8 Å². The summed E-state index contributed by atoms with van der Waals surface area (Å²) in [5.41, 5.74) is 2.34. The van der Waals surface area contributed by atoms with Crippen LogP contribution in [0.15, 0.2) is 54.6 Å². The van der Waals surface area contributed by atoms with Gasteiger partial charge in [0, 0.05) is 12.6 Å². The van der Waals surface area contributed by atoms with Gasteiger partial charge in [-0.15, -0.1) is 0 Å². The van der Waals surface area contributed by atoms with Crippen LogP contribution in [0.25, 0.3) is 0 Å². The van der Waals surface area contributed by atoms with Crippen molar-refractivity contribution >= 4 is 5.97 Å². The molecule has 0 bridgehead atoms. The van der Waals surface area contributed by atoms with Gasteiger partial charge in [0.25, 0.3) is 0 Å². The van der Waals surface area contributed by atoms with Crippen molar-refractivity contribution in [2.75, 3.05) is 7.11 Å². The Hall–Kier alpha value is -2.33. The molecular weight excluding hydrogens is 290 g/mol. The van der Waals surface area contributed by atoms with Gasteiger partial charge in [0.2, 0.25) is 0 Å². The summed E-state index contributed by atoms with van der Waals surface area (Å²) in [5.74, 6) is 0.0586. The highest BCUT2D eigenvalue weighted by molar-refractivity contribution is 5.67. The third-order valence-electron chi connectivity index (χ3n) is 3.80. The number of rotatable bonds is 9. The van der Waals surface area contributed by atoms with Crippen LogP contribution in [0.5, 0.6) is 5.75 Å². The van der Waals surface area contributed by atoms with E-state index in [4.69, 9.17) is 9.84 Å². The van der Waals surface area contributed by atoms with Crippen LogP contribution in [0, 0.1) is 0 Å². The van der Waals surface area contributed by atoms with E-state index >= 15 is 0 Å². The second kappa shape index (κ2) is 8.96. The van der Waals surface area contributed by atoms with Crippen molar-refractivity contribution in [3.63, 3.8) is 0 Å². The fourth-order valence-corrected chi connectivity index (χ4v) is 2.48. The van der Waals surface area contributed by atoms with E-state index in [0.29, 0.717) is 6.54 Å². The molecule has 0 aliphatic heterocycles. The number of carbonyl (C=O) groups is 1. The number of ether oxygens (including phenoxy) is 1. The van der Waals surface area contributed by atoms with Crippen molar-refractivity contribution in [3.8, 4) is 5.75 Å². The van der Waals surface area contributed by atoms with Gasteiger partial charge in [-0.1, -0.05) is 42.5 Å². The molecule has 4 heteroatoms. The summed E-state index contributed by atoms with van der Waals surface area (Å²) in [4.78, 5) is 11.1. The molecule has 0 saturated heterocycles. The van der Waals surface area contributed by atoms with E-state index in [9.17, 15) is 4.79 Å². The lowest BCUT2D eigenvalue weighted by molar-refractivity contribution is -0.137. The van der Waals surface area contributed by atoms with Gasteiger partial charge in [0.1, 0.15) is 5.75 Å². The highest BCUT2D eigenvalue weighted by Crippen LogP contribution is 2.14. The molecule has 2 aromatic carbocycles. The zero-order valence-electron chi connectivity index (χ0n) is 13.4. The topological polar surface area (TPSA) is 58.6 Å². The summed E-state index contributed by atoms with van der Waals surface area (Å²) in [7, 11) is 1.64. The zero-order valence-corrected chi connectivity index (χ0v) is 13.4. The van der Waals surface area contributed by atoms with Gasteiger partial charge < -0.3 is 15.2 Å². The Kier molecular flexibility index (Phi) is 6.63. The molecule has 0 aliphatic rings. The molecule has 4 nitrogen and oxygen atoms in total. The van der Waals surface area contributed by atoms with Crippen LogP contribution in [0.3, 0.4) is 0 Å². The predicted octanol–water partition coefficient (Wildman–Crippen LogP) is 3.26. The first-order valence-electron chi connectivity index (χ1n) is 7.79. The van der Waals surface area contributed by atoms with Gasteiger partial charge in [-0.3, -0.25) is 4.79 Å². The predicted molar refractivity (Wildman–Crippen MR) is 90.6 cm³/mol. The molecule has 0 aromatic heterocycles. The first kappa shape index (κ1) is 17.0. The first-order chi connectivity index (χ1) is 11.2. The van der Waals surface area contributed by atoms with E-state index in [1.54, 1.807) is 7.11 Å². The summed E-state index contributed by atoms with van der Waals surface area (Å²) >= 11 is 0. The second-order valence-electron chi connectivity index (χ2n) is 5.55. The number of carboxylic acid groups (broad SMARTS) is 1. The quantitative estimate of drug-likeness (QED) is 0.746. The smallest absolute Gasteiger partial charge is 0.304 e. The highest BCUT2D eigenvalue weighted by atomic mass is 16.5. The largest absolute Gasteiger partial charge is 0.497 e. The molecular formula is C19H23NO3. The summed E-state index contributed by atoms with van der Waals surface area (Å²) < 4.78 is 5.14. The van der Waals surface area contributed by atoms with Gasteiger partial charge in [0.05, 0.1) is 13.5 Å². The molecule has 122 valence electrons. The van der Waals surface area contributed by atoms with Crippen LogP contribution in [0.2, 0.25) is 0 Å². The van der Waals surface area contributed by atoms with Crippen molar-refractivity contribution in [3.05, 3.63) is 65.7 Å². The lowest BCUT2D eigenvalue weighted by Crippen LogP contribution is -2.31. The van der Waals surface area contributed by atoms with Crippen molar-refractivity contribution in [2.24, 2.45) is 0 Å². The monoisotopic (exact) mass is 313 g/mol. The number of carboxylic acids is 1. The van der Waals surface area contributed by atoms with Crippen LogP contribution in [0.1, 0.15) is 24.0 Å². The Morgan fingerprint density at radius 3 is 2.39 bits per heavy atom. The molecule has 0 amide bonds. The van der Waals surface area contributed by atoms with E-state index in [1.165, 1.54) is 5.56 Å². The van der Waals surface area contributed by atoms with Crippen molar-refractivity contribution < 1.29 is 14.6 Å². The number of methoxy groups -OCH3 is 1. The minimum Gasteiger partial charge on any atom is -0.497 e. The Morgan fingerprint density at radius 1 is 1.09 bits per heavy atom. The van der Waals surface area contributed by atoms with E-state index in [1.807, 2.05) is 54.6 Å². The normalized spacial score (nSPS) is 11.9. The van der Waals surface area contributed by atoms with E-state index in [2.05, 4.69) is 5.32 Å². The molecule has 0 spiro atoms. The number of aryl methyl sites for hydroxylation is 1. The molecule has 0 fully saturated rings. The molecule has 0 radical (unpaired) electrons. The standard InChI is InChI=1S/C19H23NO3/c1-23-18-11-8-15(9-12-18)7-10-17(13-19(21)22)20-14-16-5-3-2-4-6-16/h2-6,8-9,11-12,17,20H,7,10,13-14H2,1H3,(H,21,22)/t17-/m1/s1. The Balaban J connectivity index is 1.88. The van der Waals surface area contributed by atoms with E-state index in [0.717, 1.165) is 24.2 Å². The average Bonchev–Trinajstić information content (AvgIpc) is 2.58. The van der Waals surface area contributed by atoms with Gasteiger partial charge >= 0.3 is 5.97 Å². The van der Waals surface area contributed by atoms with Crippen LogP contribution in [0.4, 0.5) is 0 Å². The second-order valence-corrected chi connectivity index (χ2v) is 5.55. The average molecular weight is 313 g/mol. The maximum atomic E-state index is 11.1. The summed E-state index contributed by atoms with van der Waals surface area (Å²) in [6.07, 6.45) is 1.75. The summed E-state index contributed by atoms with van der Waals surface area (Å²) in [6, 6.07) is 17.9. The fraction of sp³-hybridized carbons (Fsp3) is 0.316. The third kappa shape index (κ3) is 6.12. The molecule has 2 N–H and O–H groups in total. The highest BCUT2D eigenvalue weighted by Gasteiger charge is 2.13. The molecule has 0 saturated carbocycles. The molecule has 0 aliphatic carbocycles. The van der Waals surface area contributed by atoms with Gasteiger partial charge in [-0.05, 0) is 36.1 Å². The van der Waals surface area contributed by atoms with Crippen LogP contribution >= 0.6 is 0 Å². The van der Waals surface area contributed by atoms with Crippen LogP contribution in [-0.4, -0.2) is 24.2 Å². The molecule has 0 heterocycles.